The Morgan fingerprint density at radius 1 is 1.14 bits per heavy atom. The maximum absolute atomic E-state index is 5.60. The number of nitrogens with zero attached hydrogens (tertiary/aromatic N) is 2. The molecular formula is C22H36N4O2. The van der Waals surface area contributed by atoms with Crippen molar-refractivity contribution in [3.05, 3.63) is 29.8 Å². The first-order chi connectivity index (χ1) is 13.8. The molecule has 0 unspecified atom stereocenters. The highest BCUT2D eigenvalue weighted by atomic mass is 16.5. The normalized spacial score (nSPS) is 20.6. The minimum atomic E-state index is 0.225. The van der Waals surface area contributed by atoms with Gasteiger partial charge in [-0.3, -0.25) is 4.90 Å². The Kier molecular flexibility index (Phi) is 7.98. The molecule has 6 nitrogen and oxygen atoms in total. The van der Waals surface area contributed by atoms with Gasteiger partial charge in [-0.25, -0.2) is 4.99 Å². The van der Waals surface area contributed by atoms with Crippen molar-refractivity contribution in [3.63, 3.8) is 0 Å². The Bertz CT molecular complexity index is 623. The molecule has 2 aliphatic rings. The van der Waals surface area contributed by atoms with Gasteiger partial charge in [-0.15, -0.1) is 0 Å². The zero-order chi connectivity index (χ0) is 19.7. The van der Waals surface area contributed by atoms with Crippen molar-refractivity contribution < 1.29 is 9.47 Å². The van der Waals surface area contributed by atoms with Crippen LogP contribution in [0, 0.1) is 0 Å². The van der Waals surface area contributed by atoms with Gasteiger partial charge >= 0.3 is 0 Å². The van der Waals surface area contributed by atoms with Gasteiger partial charge in [0.1, 0.15) is 5.75 Å². The molecule has 0 radical (unpaired) electrons. The number of hydrogen-bond donors (Lipinski definition) is 2. The molecule has 0 spiro atoms. The number of para-hydroxylation sites is 1. The predicted molar refractivity (Wildman–Crippen MR) is 114 cm³/mol. The van der Waals surface area contributed by atoms with Crippen molar-refractivity contribution in [2.75, 3.05) is 46.5 Å². The summed E-state index contributed by atoms with van der Waals surface area (Å²) in [6.45, 7) is 8.27. The fraction of sp³-hybridized carbons (Fsp3) is 0.682. The molecule has 1 aromatic rings. The van der Waals surface area contributed by atoms with Gasteiger partial charge < -0.3 is 20.1 Å². The van der Waals surface area contributed by atoms with E-state index in [0.717, 1.165) is 56.7 Å². The lowest BCUT2D eigenvalue weighted by Gasteiger charge is -2.48. The molecule has 2 fully saturated rings. The van der Waals surface area contributed by atoms with Gasteiger partial charge in [-0.2, -0.15) is 0 Å². The zero-order valence-electron chi connectivity index (χ0n) is 17.5. The number of ether oxygens (including phenoxy) is 2. The minimum absolute atomic E-state index is 0.225. The number of guanidine groups is 1. The van der Waals surface area contributed by atoms with E-state index in [9.17, 15) is 0 Å². The predicted octanol–water partition coefficient (Wildman–Crippen LogP) is 2.79. The summed E-state index contributed by atoms with van der Waals surface area (Å²) < 4.78 is 11.1. The molecule has 156 valence electrons. The molecule has 1 aliphatic heterocycles. The average Bonchev–Trinajstić information content (AvgIpc) is 2.77. The van der Waals surface area contributed by atoms with E-state index in [1.54, 1.807) is 7.11 Å². The van der Waals surface area contributed by atoms with Crippen LogP contribution >= 0.6 is 0 Å². The minimum Gasteiger partial charge on any atom is -0.496 e. The molecule has 1 saturated heterocycles. The van der Waals surface area contributed by atoms with Crippen LogP contribution in [0.15, 0.2) is 29.3 Å². The SMILES string of the molecule is CCNC(=NCc1ccccc1OC)NCC1(N2CCOCC2)CCCCC1. The summed E-state index contributed by atoms with van der Waals surface area (Å²) in [6, 6.07) is 8.08. The molecule has 0 amide bonds. The Balaban J connectivity index is 1.67. The van der Waals surface area contributed by atoms with Gasteiger partial charge in [0.05, 0.1) is 26.9 Å². The van der Waals surface area contributed by atoms with E-state index < -0.39 is 0 Å². The smallest absolute Gasteiger partial charge is 0.191 e. The number of aliphatic imine (C=N–C) groups is 1. The van der Waals surface area contributed by atoms with Crippen molar-refractivity contribution in [2.24, 2.45) is 4.99 Å². The number of benzene rings is 1. The summed E-state index contributed by atoms with van der Waals surface area (Å²) >= 11 is 0. The van der Waals surface area contributed by atoms with E-state index in [4.69, 9.17) is 14.5 Å². The second-order valence-corrected chi connectivity index (χ2v) is 7.74. The highest BCUT2D eigenvalue weighted by molar-refractivity contribution is 5.79. The van der Waals surface area contributed by atoms with Gasteiger partial charge in [0.15, 0.2) is 5.96 Å². The number of morpholine rings is 1. The Labute approximate surface area is 169 Å². The van der Waals surface area contributed by atoms with Crippen LogP contribution in [0.3, 0.4) is 0 Å². The van der Waals surface area contributed by atoms with E-state index in [1.807, 2.05) is 18.2 Å². The molecule has 6 heteroatoms. The summed E-state index contributed by atoms with van der Waals surface area (Å²) in [5.41, 5.74) is 1.32. The summed E-state index contributed by atoms with van der Waals surface area (Å²) in [5, 5.41) is 7.06. The molecule has 0 bridgehead atoms. The van der Waals surface area contributed by atoms with Crippen molar-refractivity contribution in [3.8, 4) is 5.75 Å². The second kappa shape index (κ2) is 10.7. The first kappa shape index (κ1) is 20.9. The topological polar surface area (TPSA) is 58.1 Å². The van der Waals surface area contributed by atoms with E-state index in [1.165, 1.54) is 32.1 Å². The Hall–Kier alpha value is -1.79. The van der Waals surface area contributed by atoms with E-state index >= 15 is 0 Å². The van der Waals surface area contributed by atoms with Gasteiger partial charge in [0.25, 0.3) is 0 Å². The molecule has 1 saturated carbocycles. The van der Waals surface area contributed by atoms with Gasteiger partial charge in [0, 0.05) is 37.3 Å². The van der Waals surface area contributed by atoms with Gasteiger partial charge in [-0.1, -0.05) is 37.5 Å². The largest absolute Gasteiger partial charge is 0.496 e. The number of methoxy groups -OCH3 is 1. The highest BCUT2D eigenvalue weighted by Gasteiger charge is 2.38. The number of rotatable bonds is 7. The van der Waals surface area contributed by atoms with E-state index in [-0.39, 0.29) is 5.54 Å². The van der Waals surface area contributed by atoms with E-state index in [2.05, 4.69) is 28.5 Å². The molecular weight excluding hydrogens is 352 g/mol. The Morgan fingerprint density at radius 2 is 1.89 bits per heavy atom. The number of hydrogen-bond acceptors (Lipinski definition) is 4. The molecule has 2 N–H and O–H groups in total. The Morgan fingerprint density at radius 3 is 2.61 bits per heavy atom. The lowest BCUT2D eigenvalue weighted by Crippen LogP contribution is -2.60. The van der Waals surface area contributed by atoms with Crippen molar-refractivity contribution >= 4 is 5.96 Å². The molecule has 1 aliphatic carbocycles. The maximum atomic E-state index is 5.60. The molecule has 0 atom stereocenters. The van der Waals surface area contributed by atoms with Crippen LogP contribution in [0.25, 0.3) is 0 Å². The summed E-state index contributed by atoms with van der Waals surface area (Å²) in [4.78, 5) is 7.48. The first-order valence-electron chi connectivity index (χ1n) is 10.7. The van der Waals surface area contributed by atoms with Crippen LogP contribution < -0.4 is 15.4 Å². The quantitative estimate of drug-likeness (QED) is 0.556. The molecule has 0 aromatic heterocycles. The summed E-state index contributed by atoms with van der Waals surface area (Å²) in [6.07, 6.45) is 6.49. The number of nitrogens with one attached hydrogen (secondary N) is 2. The van der Waals surface area contributed by atoms with Crippen LogP contribution in [0.1, 0.15) is 44.6 Å². The lowest BCUT2D eigenvalue weighted by molar-refractivity contribution is -0.0352. The second-order valence-electron chi connectivity index (χ2n) is 7.74. The van der Waals surface area contributed by atoms with Crippen molar-refractivity contribution in [1.29, 1.82) is 0 Å². The fourth-order valence-corrected chi connectivity index (χ4v) is 4.44. The zero-order valence-corrected chi connectivity index (χ0v) is 17.5. The first-order valence-corrected chi connectivity index (χ1v) is 10.7. The van der Waals surface area contributed by atoms with Crippen LogP contribution in [-0.4, -0.2) is 62.9 Å². The van der Waals surface area contributed by atoms with Gasteiger partial charge in [0.2, 0.25) is 0 Å². The average molecular weight is 389 g/mol. The van der Waals surface area contributed by atoms with Gasteiger partial charge in [-0.05, 0) is 25.8 Å². The summed E-state index contributed by atoms with van der Waals surface area (Å²) in [5.74, 6) is 1.77. The molecule has 1 aromatic carbocycles. The van der Waals surface area contributed by atoms with Crippen LogP contribution in [-0.2, 0) is 11.3 Å². The fourth-order valence-electron chi connectivity index (χ4n) is 4.44. The van der Waals surface area contributed by atoms with Crippen molar-refractivity contribution in [1.82, 2.24) is 15.5 Å². The van der Waals surface area contributed by atoms with E-state index in [0.29, 0.717) is 6.54 Å². The van der Waals surface area contributed by atoms with Crippen LogP contribution in [0.5, 0.6) is 5.75 Å². The highest BCUT2D eigenvalue weighted by Crippen LogP contribution is 2.33. The summed E-state index contributed by atoms with van der Waals surface area (Å²) in [7, 11) is 1.71. The lowest BCUT2D eigenvalue weighted by atomic mass is 9.80. The standard InChI is InChI=1S/C22H36N4O2/c1-3-23-21(24-17-19-9-5-6-10-20(19)27-2)25-18-22(11-7-4-8-12-22)26-13-15-28-16-14-26/h5-6,9-10H,3-4,7-8,11-18H2,1-2H3,(H2,23,24,25). The maximum Gasteiger partial charge on any atom is 0.191 e. The molecule has 3 rings (SSSR count). The van der Waals surface area contributed by atoms with Crippen LogP contribution in [0.4, 0.5) is 0 Å². The monoisotopic (exact) mass is 388 g/mol. The molecule has 1 heterocycles. The molecule has 28 heavy (non-hydrogen) atoms. The van der Waals surface area contributed by atoms with Crippen LogP contribution in [0.2, 0.25) is 0 Å². The van der Waals surface area contributed by atoms with Crippen molar-refractivity contribution in [2.45, 2.75) is 51.1 Å². The third-order valence-corrected chi connectivity index (χ3v) is 6.00. The third-order valence-electron chi connectivity index (χ3n) is 6.00. The third kappa shape index (κ3) is 5.39.